The molecule has 1 aliphatic carbocycles. The molecule has 0 radical (unpaired) electrons. The van der Waals surface area contributed by atoms with Crippen molar-refractivity contribution in [2.24, 2.45) is 5.92 Å². The highest BCUT2D eigenvalue weighted by Crippen LogP contribution is 2.47. The Labute approximate surface area is 257 Å². The molecule has 0 aliphatic heterocycles. The zero-order valence-corrected chi connectivity index (χ0v) is 24.3. The number of aromatic carboxylic acids is 2. The van der Waals surface area contributed by atoms with Crippen LogP contribution in [0.25, 0.3) is 0 Å². The van der Waals surface area contributed by atoms with E-state index in [1.54, 1.807) is 24.3 Å². The third-order valence-corrected chi connectivity index (χ3v) is 8.45. The van der Waals surface area contributed by atoms with Crippen LogP contribution in [0, 0.1) is 5.92 Å². The van der Waals surface area contributed by atoms with Crippen molar-refractivity contribution in [3.8, 4) is 0 Å². The summed E-state index contributed by atoms with van der Waals surface area (Å²) < 4.78 is 0. The Balaban J connectivity index is 1.42. The molecule has 4 N–H and O–H groups in total. The minimum Gasteiger partial charge on any atom is -0.478 e. The van der Waals surface area contributed by atoms with Gasteiger partial charge in [0.2, 0.25) is 0 Å². The first kappa shape index (κ1) is 29.3. The molecule has 0 amide bonds. The number of carboxylic acid groups (broad SMARTS) is 2. The molecule has 212 valence electrons. The van der Waals surface area contributed by atoms with Gasteiger partial charge >= 0.3 is 11.9 Å². The molecule has 0 spiro atoms. The van der Waals surface area contributed by atoms with Crippen LogP contribution in [-0.4, -0.2) is 22.2 Å². The van der Waals surface area contributed by atoms with Crippen LogP contribution in [0.15, 0.2) is 109 Å². The Morgan fingerprint density at radius 2 is 1.10 bits per heavy atom. The van der Waals surface area contributed by atoms with Gasteiger partial charge in [-0.1, -0.05) is 71.8 Å². The first-order valence-corrected chi connectivity index (χ1v) is 14.1. The highest BCUT2D eigenvalue weighted by atomic mass is 35.5. The molecule has 4 aromatic carbocycles. The van der Waals surface area contributed by atoms with Crippen LogP contribution < -0.4 is 10.6 Å². The molecule has 1 atom stereocenters. The third-order valence-electron chi connectivity index (χ3n) is 7.07. The number of benzene rings is 4. The molecule has 1 aliphatic rings. The van der Waals surface area contributed by atoms with E-state index in [9.17, 15) is 19.8 Å². The van der Waals surface area contributed by atoms with Crippen molar-refractivity contribution < 1.29 is 19.8 Å². The molecular weight excluding hydrogens is 595 g/mol. The zero-order valence-electron chi connectivity index (χ0n) is 22.0. The van der Waals surface area contributed by atoms with Crippen molar-refractivity contribution >= 4 is 69.5 Å². The van der Waals surface area contributed by atoms with Gasteiger partial charge in [-0.15, -0.1) is 11.6 Å². The number of hydrogen-bond donors (Lipinski definition) is 4. The molecule has 0 aromatic heterocycles. The Kier molecular flexibility index (Phi) is 8.59. The minimum atomic E-state index is -1.10. The largest absolute Gasteiger partial charge is 0.478 e. The molecule has 1 unspecified atom stereocenters. The van der Waals surface area contributed by atoms with Gasteiger partial charge in [0.05, 0.1) is 21.2 Å². The number of rotatable bonds is 9. The van der Waals surface area contributed by atoms with Gasteiger partial charge in [-0.3, -0.25) is 0 Å². The molecule has 0 saturated carbocycles. The number of alkyl halides is 1. The van der Waals surface area contributed by atoms with Gasteiger partial charge in [0, 0.05) is 28.7 Å². The van der Waals surface area contributed by atoms with Crippen molar-refractivity contribution in [1.29, 1.82) is 0 Å². The van der Waals surface area contributed by atoms with E-state index in [0.717, 1.165) is 28.9 Å². The number of hydrogen-bond acceptors (Lipinski definition) is 4. The van der Waals surface area contributed by atoms with Gasteiger partial charge in [-0.2, -0.15) is 0 Å². The second kappa shape index (κ2) is 12.3. The van der Waals surface area contributed by atoms with Crippen LogP contribution in [0.3, 0.4) is 0 Å². The fraction of sp³-hybridized carbons (Fsp3) is 0.0909. The summed E-state index contributed by atoms with van der Waals surface area (Å²) in [7, 11) is 0. The maximum absolute atomic E-state index is 11.5. The maximum Gasteiger partial charge on any atom is 0.337 e. The number of carbonyl (C=O) groups is 2. The number of carboxylic acids is 2. The first-order valence-electron chi connectivity index (χ1n) is 13.0. The van der Waals surface area contributed by atoms with Crippen LogP contribution in [0.4, 0.5) is 22.7 Å². The summed E-state index contributed by atoms with van der Waals surface area (Å²) >= 11 is 19.6. The Bertz CT molecular complexity index is 1590. The van der Waals surface area contributed by atoms with E-state index in [0.29, 0.717) is 11.4 Å². The van der Waals surface area contributed by atoms with E-state index in [-0.39, 0.29) is 27.1 Å². The normalized spacial score (nSPS) is 14.4. The van der Waals surface area contributed by atoms with Crippen LogP contribution in [0.2, 0.25) is 10.0 Å². The van der Waals surface area contributed by atoms with E-state index in [1.807, 2.05) is 60.7 Å². The quantitative estimate of drug-likeness (QED) is 0.139. The Morgan fingerprint density at radius 3 is 1.48 bits per heavy atom. The SMILES string of the molecule is O=C(O)c1cc(Nc2ccc(C(Cl)(c3ccc(Nc4ccc(Cl)c(C(=O)O)c4)cc3)C3C=CC=CC3)cc2)ccc1Cl. The molecule has 6 nitrogen and oxygen atoms in total. The average Bonchev–Trinajstić information content (AvgIpc) is 2.99. The molecule has 9 heteroatoms. The van der Waals surface area contributed by atoms with Gasteiger partial charge in [-0.25, -0.2) is 9.59 Å². The zero-order chi connectivity index (χ0) is 29.9. The van der Waals surface area contributed by atoms with E-state index >= 15 is 0 Å². The summed E-state index contributed by atoms with van der Waals surface area (Å²) in [6, 6.07) is 25.0. The van der Waals surface area contributed by atoms with E-state index in [4.69, 9.17) is 34.8 Å². The summed E-state index contributed by atoms with van der Waals surface area (Å²) in [4.78, 5) is 22.0. The van der Waals surface area contributed by atoms with Crippen molar-refractivity contribution in [2.75, 3.05) is 10.6 Å². The number of nitrogens with one attached hydrogen (secondary N) is 2. The van der Waals surface area contributed by atoms with Crippen LogP contribution in [-0.2, 0) is 4.87 Å². The second-order valence-corrected chi connectivity index (χ2v) is 11.2. The number of allylic oxidation sites excluding steroid dienone is 4. The molecule has 4 aromatic rings. The van der Waals surface area contributed by atoms with E-state index < -0.39 is 16.8 Å². The summed E-state index contributed by atoms with van der Waals surface area (Å²) in [5.41, 5.74) is 4.55. The monoisotopic (exact) mass is 618 g/mol. The second-order valence-electron chi connectivity index (χ2n) is 9.77. The molecule has 0 heterocycles. The summed E-state index contributed by atoms with van der Waals surface area (Å²) in [5, 5.41) is 25.6. The highest BCUT2D eigenvalue weighted by Gasteiger charge is 2.39. The van der Waals surface area contributed by atoms with Crippen LogP contribution in [0.1, 0.15) is 38.3 Å². The van der Waals surface area contributed by atoms with Crippen molar-refractivity contribution in [1.82, 2.24) is 0 Å². The molecule has 42 heavy (non-hydrogen) atoms. The fourth-order valence-electron chi connectivity index (χ4n) is 4.93. The topological polar surface area (TPSA) is 98.7 Å². The lowest BCUT2D eigenvalue weighted by Crippen LogP contribution is -2.30. The van der Waals surface area contributed by atoms with Crippen molar-refractivity contribution in [2.45, 2.75) is 11.3 Å². The standard InChI is InChI=1S/C33H25Cl3N2O4/c34-29-16-14-25(18-27(29)31(39)40)37-23-10-6-21(7-11-23)33(36,20-4-2-1-3-5-20)22-8-12-24(13-9-22)38-26-15-17-30(35)28(19-26)32(41)42/h1-4,6-20,37-38H,5H2,(H,39,40)(H,41,42). The van der Waals surface area contributed by atoms with Gasteiger partial charge in [-0.05, 0) is 78.2 Å². The predicted octanol–water partition coefficient (Wildman–Crippen LogP) is 9.49. The number of anilines is 4. The summed E-state index contributed by atoms with van der Waals surface area (Å²) in [6.07, 6.45) is 8.95. The van der Waals surface area contributed by atoms with Gasteiger partial charge in [0.1, 0.15) is 4.87 Å². The first-order chi connectivity index (χ1) is 20.1. The smallest absolute Gasteiger partial charge is 0.337 e. The minimum absolute atomic E-state index is 0.0199. The summed E-state index contributed by atoms with van der Waals surface area (Å²) in [6.45, 7) is 0. The third kappa shape index (κ3) is 6.16. The lowest BCUT2D eigenvalue weighted by Gasteiger charge is -2.36. The van der Waals surface area contributed by atoms with Crippen molar-refractivity contribution in [3.05, 3.63) is 142 Å². The maximum atomic E-state index is 11.5. The van der Waals surface area contributed by atoms with Gasteiger partial charge in [0.25, 0.3) is 0 Å². The van der Waals surface area contributed by atoms with Gasteiger partial charge in [0.15, 0.2) is 0 Å². The van der Waals surface area contributed by atoms with Crippen molar-refractivity contribution in [3.63, 3.8) is 0 Å². The molecule has 5 rings (SSSR count). The fourth-order valence-corrected chi connectivity index (χ4v) is 5.74. The molecule has 0 fully saturated rings. The Morgan fingerprint density at radius 1 is 0.667 bits per heavy atom. The van der Waals surface area contributed by atoms with Gasteiger partial charge < -0.3 is 20.8 Å². The van der Waals surface area contributed by atoms with E-state index in [2.05, 4.69) is 22.8 Å². The lowest BCUT2D eigenvalue weighted by molar-refractivity contribution is 0.0686. The average molecular weight is 620 g/mol. The molecule has 0 saturated heterocycles. The predicted molar refractivity (Wildman–Crippen MR) is 169 cm³/mol. The summed E-state index contributed by atoms with van der Waals surface area (Å²) in [5.74, 6) is -2.22. The molecule has 0 bridgehead atoms. The Hall–Kier alpha value is -4.23. The number of halogens is 3. The van der Waals surface area contributed by atoms with Crippen LogP contribution >= 0.6 is 34.8 Å². The van der Waals surface area contributed by atoms with Crippen LogP contribution in [0.5, 0.6) is 0 Å². The molecular formula is C33H25Cl3N2O4. The lowest BCUT2D eigenvalue weighted by atomic mass is 9.77. The highest BCUT2D eigenvalue weighted by molar-refractivity contribution is 6.34. The van der Waals surface area contributed by atoms with E-state index in [1.165, 1.54) is 12.1 Å².